The molecule has 0 atom stereocenters. The minimum absolute atomic E-state index is 0.456. The van der Waals surface area contributed by atoms with Gasteiger partial charge in [-0.25, -0.2) is 0 Å². The fraction of sp³-hybridized carbons (Fsp3) is 0.167. The summed E-state index contributed by atoms with van der Waals surface area (Å²) in [5, 5.41) is -0.456. The van der Waals surface area contributed by atoms with Gasteiger partial charge in [0.1, 0.15) is 0 Å². The fourth-order valence-corrected chi connectivity index (χ4v) is 0.410. The van der Waals surface area contributed by atoms with Gasteiger partial charge in [0, 0.05) is 6.08 Å². The van der Waals surface area contributed by atoms with Crippen molar-refractivity contribution in [2.45, 2.75) is 6.92 Å². The normalized spacial score (nSPS) is 11.0. The van der Waals surface area contributed by atoms with Gasteiger partial charge in [-0.2, -0.15) is 0 Å². The highest BCUT2D eigenvalue weighted by atomic mass is 35.5. The summed E-state index contributed by atoms with van der Waals surface area (Å²) in [5.41, 5.74) is 0.782. The first-order valence-electron chi connectivity index (χ1n) is 2.17. The van der Waals surface area contributed by atoms with Crippen LogP contribution in [0.4, 0.5) is 0 Å². The third-order valence-corrected chi connectivity index (χ3v) is 0.772. The Bertz CT molecular complexity index is 135. The number of carbonyl (C=O) groups excluding carboxylic acids is 1. The fourth-order valence-electron chi connectivity index (χ4n) is 0.238. The van der Waals surface area contributed by atoms with Gasteiger partial charge in [-0.05, 0) is 24.1 Å². The molecule has 0 unspecified atom stereocenters. The van der Waals surface area contributed by atoms with E-state index >= 15 is 0 Å². The average molecular weight is 131 g/mol. The minimum Gasteiger partial charge on any atom is -0.276 e. The van der Waals surface area contributed by atoms with Gasteiger partial charge in [0.25, 0.3) is 0 Å². The van der Waals surface area contributed by atoms with Gasteiger partial charge in [-0.1, -0.05) is 12.7 Å². The average Bonchev–Trinajstić information content (AvgIpc) is 1.65. The van der Waals surface area contributed by atoms with E-state index < -0.39 is 5.24 Å². The summed E-state index contributed by atoms with van der Waals surface area (Å²) in [4.78, 5) is 10.1. The molecule has 0 aliphatic carbocycles. The Morgan fingerprint density at radius 1 is 1.75 bits per heavy atom. The molecule has 0 aromatic heterocycles. The lowest BCUT2D eigenvalue weighted by molar-refractivity contribution is -0.107. The Kier molecular flexibility index (Phi) is 3.20. The van der Waals surface area contributed by atoms with Crippen molar-refractivity contribution in [1.29, 1.82) is 0 Å². The summed E-state index contributed by atoms with van der Waals surface area (Å²) < 4.78 is 0. The molecule has 0 aliphatic heterocycles. The van der Waals surface area contributed by atoms with E-state index in [-0.39, 0.29) is 0 Å². The molecule has 0 aromatic carbocycles. The largest absolute Gasteiger partial charge is 0.276 e. The number of halogens is 1. The van der Waals surface area contributed by atoms with Crippen molar-refractivity contribution < 1.29 is 4.79 Å². The van der Waals surface area contributed by atoms with Crippen LogP contribution < -0.4 is 0 Å². The number of allylic oxidation sites excluding steroid dienone is 3. The van der Waals surface area contributed by atoms with Crippen LogP contribution in [-0.4, -0.2) is 5.24 Å². The topological polar surface area (TPSA) is 17.1 Å². The molecule has 0 fully saturated rings. The number of carbonyl (C=O) groups is 1. The first-order valence-corrected chi connectivity index (χ1v) is 2.55. The SMILES string of the molecule is C=C/C(C)=C/C(=O)Cl. The van der Waals surface area contributed by atoms with E-state index in [1.807, 2.05) is 0 Å². The van der Waals surface area contributed by atoms with Crippen LogP contribution in [0.25, 0.3) is 0 Å². The molecule has 0 aliphatic rings. The molecular weight excluding hydrogens is 124 g/mol. The quantitative estimate of drug-likeness (QED) is 0.317. The van der Waals surface area contributed by atoms with E-state index in [9.17, 15) is 4.79 Å². The molecule has 2 heteroatoms. The second-order valence-corrected chi connectivity index (χ2v) is 1.77. The van der Waals surface area contributed by atoms with Crippen LogP contribution in [-0.2, 0) is 4.79 Å². The Labute approximate surface area is 53.6 Å². The molecule has 44 valence electrons. The summed E-state index contributed by atoms with van der Waals surface area (Å²) in [5.74, 6) is 0. The summed E-state index contributed by atoms with van der Waals surface area (Å²) in [6.45, 7) is 5.19. The van der Waals surface area contributed by atoms with Gasteiger partial charge in [-0.15, -0.1) is 0 Å². The van der Waals surface area contributed by atoms with Crippen molar-refractivity contribution in [2.24, 2.45) is 0 Å². The van der Waals surface area contributed by atoms with Crippen LogP contribution in [0.15, 0.2) is 24.3 Å². The second kappa shape index (κ2) is 3.44. The first-order chi connectivity index (χ1) is 3.66. The van der Waals surface area contributed by atoms with E-state index in [1.165, 1.54) is 6.08 Å². The van der Waals surface area contributed by atoms with Crippen molar-refractivity contribution in [3.8, 4) is 0 Å². The van der Waals surface area contributed by atoms with Crippen molar-refractivity contribution in [3.05, 3.63) is 24.3 Å². The van der Waals surface area contributed by atoms with Crippen LogP contribution in [0, 0.1) is 0 Å². The minimum atomic E-state index is -0.456. The predicted octanol–water partition coefficient (Wildman–Crippen LogP) is 1.88. The molecule has 0 spiro atoms. The van der Waals surface area contributed by atoms with Crippen LogP contribution >= 0.6 is 11.6 Å². The molecule has 8 heavy (non-hydrogen) atoms. The van der Waals surface area contributed by atoms with Crippen molar-refractivity contribution in [1.82, 2.24) is 0 Å². The van der Waals surface area contributed by atoms with Crippen LogP contribution in [0.5, 0.6) is 0 Å². The van der Waals surface area contributed by atoms with Crippen LogP contribution in [0.3, 0.4) is 0 Å². The third-order valence-electron chi connectivity index (χ3n) is 0.663. The van der Waals surface area contributed by atoms with E-state index in [4.69, 9.17) is 11.6 Å². The van der Waals surface area contributed by atoms with Crippen molar-refractivity contribution >= 4 is 16.8 Å². The van der Waals surface area contributed by atoms with Gasteiger partial charge in [0.2, 0.25) is 5.24 Å². The second-order valence-electron chi connectivity index (χ2n) is 1.40. The Balaban J connectivity index is 3.94. The lowest BCUT2D eigenvalue weighted by atomic mass is 10.3. The van der Waals surface area contributed by atoms with Gasteiger partial charge in [0.05, 0.1) is 0 Å². The zero-order valence-corrected chi connectivity index (χ0v) is 5.40. The van der Waals surface area contributed by atoms with Crippen molar-refractivity contribution in [3.63, 3.8) is 0 Å². The molecule has 0 bridgehead atoms. The Morgan fingerprint density at radius 3 is 2.38 bits per heavy atom. The molecule has 0 radical (unpaired) electrons. The predicted molar refractivity (Wildman–Crippen MR) is 34.8 cm³/mol. The molecule has 0 saturated carbocycles. The number of hydrogen-bond acceptors (Lipinski definition) is 1. The molecule has 0 saturated heterocycles. The van der Waals surface area contributed by atoms with E-state index in [1.54, 1.807) is 13.0 Å². The van der Waals surface area contributed by atoms with Crippen LogP contribution in [0.1, 0.15) is 6.92 Å². The number of rotatable bonds is 2. The molecule has 0 rings (SSSR count). The van der Waals surface area contributed by atoms with Gasteiger partial charge in [-0.3, -0.25) is 4.79 Å². The van der Waals surface area contributed by atoms with Gasteiger partial charge in [0.15, 0.2) is 0 Å². The summed E-state index contributed by atoms with van der Waals surface area (Å²) in [7, 11) is 0. The zero-order valence-electron chi connectivity index (χ0n) is 4.65. The number of hydrogen-bond donors (Lipinski definition) is 0. The maximum Gasteiger partial charge on any atom is 0.245 e. The zero-order chi connectivity index (χ0) is 6.57. The smallest absolute Gasteiger partial charge is 0.245 e. The van der Waals surface area contributed by atoms with Crippen LogP contribution in [0.2, 0.25) is 0 Å². The highest BCUT2D eigenvalue weighted by Gasteiger charge is 1.85. The lowest BCUT2D eigenvalue weighted by Crippen LogP contribution is -1.77. The molecule has 1 nitrogen and oxygen atoms in total. The molecule has 0 aromatic rings. The Morgan fingerprint density at radius 2 is 2.25 bits per heavy atom. The van der Waals surface area contributed by atoms with Gasteiger partial charge >= 0.3 is 0 Å². The maximum atomic E-state index is 10.1. The highest BCUT2D eigenvalue weighted by Crippen LogP contribution is 1.93. The Hall–Kier alpha value is -0.560. The molecule has 0 amide bonds. The molecular formula is C6H7ClO. The molecule has 0 N–H and O–H groups in total. The van der Waals surface area contributed by atoms with E-state index in [2.05, 4.69) is 6.58 Å². The standard InChI is InChI=1S/C6H7ClO/c1-3-5(2)4-6(7)8/h3-4H,1H2,2H3/b5-4+. The van der Waals surface area contributed by atoms with E-state index in [0.29, 0.717) is 0 Å². The summed E-state index contributed by atoms with van der Waals surface area (Å²) in [6, 6.07) is 0. The van der Waals surface area contributed by atoms with Gasteiger partial charge < -0.3 is 0 Å². The highest BCUT2D eigenvalue weighted by molar-refractivity contribution is 6.66. The monoisotopic (exact) mass is 130 g/mol. The lowest BCUT2D eigenvalue weighted by Gasteiger charge is -1.81. The van der Waals surface area contributed by atoms with Crippen molar-refractivity contribution in [2.75, 3.05) is 0 Å². The summed E-state index contributed by atoms with van der Waals surface area (Å²) >= 11 is 4.99. The molecule has 0 heterocycles. The first kappa shape index (κ1) is 7.44. The maximum absolute atomic E-state index is 10.1. The summed E-state index contributed by atoms with van der Waals surface area (Å²) in [6.07, 6.45) is 2.88. The van der Waals surface area contributed by atoms with E-state index in [0.717, 1.165) is 5.57 Å². The third kappa shape index (κ3) is 3.62.